The zero-order chi connectivity index (χ0) is 5.98. The normalized spacial score (nSPS) is 38.2. The van der Waals surface area contributed by atoms with E-state index >= 15 is 0 Å². The van der Waals surface area contributed by atoms with Crippen molar-refractivity contribution in [1.82, 2.24) is 5.32 Å². The van der Waals surface area contributed by atoms with Crippen molar-refractivity contribution in [3.63, 3.8) is 0 Å². The lowest BCUT2D eigenvalue weighted by Gasteiger charge is -2.08. The first-order valence-electron chi connectivity index (χ1n) is 2.83. The van der Waals surface area contributed by atoms with Crippen molar-refractivity contribution >= 4 is 11.8 Å². The van der Waals surface area contributed by atoms with E-state index in [9.17, 15) is 0 Å². The Hall–Kier alpha value is 0.270. The van der Waals surface area contributed by atoms with E-state index < -0.39 is 0 Å². The quantitative estimate of drug-likeness (QED) is 0.512. The van der Waals surface area contributed by atoms with Crippen molar-refractivity contribution in [2.45, 2.75) is 11.3 Å². The van der Waals surface area contributed by atoms with E-state index in [4.69, 9.17) is 5.73 Å². The van der Waals surface area contributed by atoms with Crippen molar-refractivity contribution in [1.29, 1.82) is 0 Å². The molecule has 48 valence electrons. The third-order valence-corrected chi connectivity index (χ3v) is 2.63. The van der Waals surface area contributed by atoms with E-state index in [0.29, 0.717) is 11.3 Å². The molecule has 0 saturated carbocycles. The van der Waals surface area contributed by atoms with Crippen LogP contribution in [0.5, 0.6) is 0 Å². The number of thioether (sulfide) groups is 1. The van der Waals surface area contributed by atoms with Crippen LogP contribution in [0, 0.1) is 0 Å². The number of rotatable bonds is 1. The largest absolute Gasteiger partial charge is 0.326 e. The van der Waals surface area contributed by atoms with Crippen molar-refractivity contribution in [2.24, 2.45) is 5.73 Å². The fraction of sp³-hybridized carbons (Fsp3) is 1.00. The molecule has 1 aliphatic rings. The highest BCUT2D eigenvalue weighted by atomic mass is 32.2. The summed E-state index contributed by atoms with van der Waals surface area (Å²) in [4.78, 5) is 0. The molecule has 0 radical (unpaired) electrons. The van der Waals surface area contributed by atoms with Gasteiger partial charge in [0.05, 0.1) is 0 Å². The molecule has 1 heterocycles. The molecule has 0 unspecified atom stereocenters. The summed E-state index contributed by atoms with van der Waals surface area (Å²) in [7, 11) is 0. The van der Waals surface area contributed by atoms with Crippen LogP contribution in [-0.4, -0.2) is 30.6 Å². The third kappa shape index (κ3) is 1.16. The second-order valence-corrected chi connectivity index (χ2v) is 3.17. The fourth-order valence-electron chi connectivity index (χ4n) is 0.933. The van der Waals surface area contributed by atoms with Crippen LogP contribution in [-0.2, 0) is 0 Å². The van der Waals surface area contributed by atoms with Crippen LogP contribution in [0.3, 0.4) is 0 Å². The van der Waals surface area contributed by atoms with Crippen LogP contribution >= 0.6 is 11.8 Å². The van der Waals surface area contributed by atoms with E-state index in [1.807, 2.05) is 11.8 Å². The predicted molar refractivity (Wildman–Crippen MR) is 38.1 cm³/mol. The molecule has 3 N–H and O–H groups in total. The smallest absolute Gasteiger partial charge is 0.0333 e. The summed E-state index contributed by atoms with van der Waals surface area (Å²) in [5.41, 5.74) is 5.71. The van der Waals surface area contributed by atoms with Crippen LogP contribution in [0.1, 0.15) is 0 Å². The van der Waals surface area contributed by atoms with Crippen molar-refractivity contribution in [2.75, 3.05) is 19.3 Å². The Morgan fingerprint density at radius 2 is 2.38 bits per heavy atom. The van der Waals surface area contributed by atoms with Gasteiger partial charge in [-0.05, 0) is 6.26 Å². The summed E-state index contributed by atoms with van der Waals surface area (Å²) >= 11 is 1.85. The van der Waals surface area contributed by atoms with Gasteiger partial charge in [0.25, 0.3) is 0 Å². The zero-order valence-electron chi connectivity index (χ0n) is 5.05. The summed E-state index contributed by atoms with van der Waals surface area (Å²) in [5, 5.41) is 3.88. The molecule has 1 rings (SSSR count). The lowest BCUT2D eigenvalue weighted by atomic mass is 10.3. The molecule has 0 bridgehead atoms. The molecule has 3 heteroatoms. The van der Waals surface area contributed by atoms with E-state index in [2.05, 4.69) is 11.6 Å². The SMILES string of the molecule is CS[C@H]1CNC[C@@H]1N. The Kier molecular flexibility index (Phi) is 2.16. The van der Waals surface area contributed by atoms with Crippen LogP contribution in [0.4, 0.5) is 0 Å². The maximum atomic E-state index is 5.71. The Balaban J connectivity index is 2.30. The number of hydrogen-bond donors (Lipinski definition) is 2. The third-order valence-electron chi connectivity index (χ3n) is 1.51. The second kappa shape index (κ2) is 2.71. The number of nitrogens with one attached hydrogen (secondary N) is 1. The summed E-state index contributed by atoms with van der Waals surface area (Å²) in [5.74, 6) is 0. The Bertz CT molecular complexity index is 76.8. The maximum Gasteiger partial charge on any atom is 0.0333 e. The second-order valence-electron chi connectivity index (χ2n) is 2.10. The van der Waals surface area contributed by atoms with Gasteiger partial charge in [-0.1, -0.05) is 0 Å². The van der Waals surface area contributed by atoms with Crippen molar-refractivity contribution in [3.8, 4) is 0 Å². The molecule has 1 aliphatic heterocycles. The molecule has 0 amide bonds. The van der Waals surface area contributed by atoms with Crippen LogP contribution < -0.4 is 11.1 Å². The van der Waals surface area contributed by atoms with Crippen molar-refractivity contribution < 1.29 is 0 Å². The van der Waals surface area contributed by atoms with Crippen LogP contribution in [0.15, 0.2) is 0 Å². The minimum absolute atomic E-state index is 0.380. The zero-order valence-corrected chi connectivity index (χ0v) is 5.87. The first-order valence-corrected chi connectivity index (χ1v) is 4.12. The van der Waals surface area contributed by atoms with Gasteiger partial charge in [0.2, 0.25) is 0 Å². The van der Waals surface area contributed by atoms with Gasteiger partial charge < -0.3 is 11.1 Å². The topological polar surface area (TPSA) is 38.0 Å². The van der Waals surface area contributed by atoms with Gasteiger partial charge in [0.1, 0.15) is 0 Å². The van der Waals surface area contributed by atoms with Gasteiger partial charge in [0.15, 0.2) is 0 Å². The maximum absolute atomic E-state index is 5.71. The fourth-order valence-corrected chi connectivity index (χ4v) is 1.66. The van der Waals surface area contributed by atoms with Gasteiger partial charge in [0, 0.05) is 24.4 Å². The summed E-state index contributed by atoms with van der Waals surface area (Å²) in [6.07, 6.45) is 2.11. The minimum atomic E-state index is 0.380. The number of nitrogens with two attached hydrogens (primary N) is 1. The Labute approximate surface area is 54.2 Å². The van der Waals surface area contributed by atoms with Gasteiger partial charge in [-0.25, -0.2) is 0 Å². The van der Waals surface area contributed by atoms with E-state index in [1.165, 1.54) is 0 Å². The Morgan fingerprint density at radius 3 is 2.62 bits per heavy atom. The first kappa shape index (κ1) is 6.39. The van der Waals surface area contributed by atoms with Gasteiger partial charge in [-0.15, -0.1) is 0 Å². The molecule has 1 fully saturated rings. The van der Waals surface area contributed by atoms with E-state index in [0.717, 1.165) is 13.1 Å². The van der Waals surface area contributed by atoms with Crippen LogP contribution in [0.2, 0.25) is 0 Å². The first-order chi connectivity index (χ1) is 3.84. The summed E-state index contributed by atoms with van der Waals surface area (Å²) in [6, 6.07) is 0.380. The molecule has 1 saturated heterocycles. The van der Waals surface area contributed by atoms with Crippen molar-refractivity contribution in [3.05, 3.63) is 0 Å². The standard InChI is InChI=1S/C5H12N2S/c1-8-5-3-7-2-4(5)6/h4-5,7H,2-3,6H2,1H3/t4-,5-/m0/s1. The van der Waals surface area contributed by atoms with Crippen LogP contribution in [0.25, 0.3) is 0 Å². The monoisotopic (exact) mass is 132 g/mol. The highest BCUT2D eigenvalue weighted by molar-refractivity contribution is 7.99. The highest BCUT2D eigenvalue weighted by Crippen LogP contribution is 2.11. The molecule has 0 aromatic heterocycles. The summed E-state index contributed by atoms with van der Waals surface area (Å²) < 4.78 is 0. The molecule has 8 heavy (non-hydrogen) atoms. The van der Waals surface area contributed by atoms with Gasteiger partial charge >= 0.3 is 0 Å². The van der Waals surface area contributed by atoms with E-state index in [-0.39, 0.29) is 0 Å². The minimum Gasteiger partial charge on any atom is -0.326 e. The molecule has 0 aromatic rings. The molecular weight excluding hydrogens is 120 g/mol. The number of hydrogen-bond acceptors (Lipinski definition) is 3. The van der Waals surface area contributed by atoms with Gasteiger partial charge in [-0.3, -0.25) is 0 Å². The molecule has 2 nitrogen and oxygen atoms in total. The highest BCUT2D eigenvalue weighted by Gasteiger charge is 2.21. The molecule has 0 spiro atoms. The van der Waals surface area contributed by atoms with E-state index in [1.54, 1.807) is 0 Å². The Morgan fingerprint density at radius 1 is 1.62 bits per heavy atom. The average Bonchev–Trinajstić information content (AvgIpc) is 2.14. The molecule has 0 aliphatic carbocycles. The van der Waals surface area contributed by atoms with Gasteiger partial charge in [-0.2, -0.15) is 11.8 Å². The lowest BCUT2D eigenvalue weighted by Crippen LogP contribution is -2.30. The lowest BCUT2D eigenvalue weighted by molar-refractivity contribution is 0.752. The predicted octanol–water partition coefficient (Wildman–Crippen LogP) is -0.351. The molecule has 0 aromatic carbocycles. The molecular formula is C5H12N2S. The molecule has 2 atom stereocenters. The average molecular weight is 132 g/mol. The summed E-state index contributed by atoms with van der Waals surface area (Å²) in [6.45, 7) is 2.08.